The van der Waals surface area contributed by atoms with Crippen LogP contribution in [0.15, 0.2) is 82.4 Å². The van der Waals surface area contributed by atoms with Crippen LogP contribution >= 0.6 is 27.7 Å². The van der Waals surface area contributed by atoms with Gasteiger partial charge in [0.05, 0.1) is 37.8 Å². The largest absolute Gasteiger partial charge is 0.380 e. The summed E-state index contributed by atoms with van der Waals surface area (Å²) >= 11 is 5.71. The van der Waals surface area contributed by atoms with E-state index in [9.17, 15) is 0 Å². The third kappa shape index (κ3) is 6.00. The lowest BCUT2D eigenvalue weighted by Crippen LogP contribution is -2.45. The van der Waals surface area contributed by atoms with Crippen LogP contribution < -0.4 is 9.80 Å². The van der Waals surface area contributed by atoms with Gasteiger partial charge in [0, 0.05) is 54.8 Å². The van der Waals surface area contributed by atoms with Crippen molar-refractivity contribution in [3.63, 3.8) is 0 Å². The summed E-state index contributed by atoms with van der Waals surface area (Å²) in [7, 11) is 0. The number of anilines is 2. The molecule has 7 nitrogen and oxygen atoms in total. The second-order valence-electron chi connectivity index (χ2n) is 11.6. The van der Waals surface area contributed by atoms with Gasteiger partial charge in [-0.25, -0.2) is 9.97 Å². The molecule has 0 saturated carbocycles. The monoisotopic (exact) mass is 672 g/mol. The molecule has 228 valence electrons. The van der Waals surface area contributed by atoms with Crippen LogP contribution in [0.5, 0.6) is 0 Å². The summed E-state index contributed by atoms with van der Waals surface area (Å²) in [5, 5.41) is 0.794. The Morgan fingerprint density at radius 2 is 1.64 bits per heavy atom. The summed E-state index contributed by atoms with van der Waals surface area (Å²) in [6, 6.07) is 25.8. The Kier molecular flexibility index (Phi) is 8.92. The van der Waals surface area contributed by atoms with Crippen LogP contribution in [0.2, 0.25) is 0 Å². The SMILES string of the molecule is CSc1nc2c(c(N3CCCOCC3)n1)COC1(COCc3ccc(N(Cc4ccccc4)Cc4ccccc4)c(Br)c31)C2. The molecule has 9 heteroatoms. The van der Waals surface area contributed by atoms with E-state index in [4.69, 9.17) is 24.2 Å². The third-order valence-corrected chi connectivity index (χ3v) is 10.1. The number of rotatable bonds is 7. The minimum atomic E-state index is -0.649. The molecular formula is C35H37BrN4O3S. The first kappa shape index (κ1) is 29.7. The number of nitrogens with zero attached hydrogens (tertiary/aromatic N) is 4. The van der Waals surface area contributed by atoms with E-state index in [1.165, 1.54) is 16.7 Å². The summed E-state index contributed by atoms with van der Waals surface area (Å²) in [6.07, 6.45) is 3.65. The van der Waals surface area contributed by atoms with E-state index in [2.05, 4.69) is 98.5 Å². The fourth-order valence-corrected chi connectivity index (χ4v) is 7.96. The van der Waals surface area contributed by atoms with Crippen molar-refractivity contribution in [1.29, 1.82) is 0 Å². The Morgan fingerprint density at radius 1 is 0.886 bits per heavy atom. The zero-order valence-electron chi connectivity index (χ0n) is 25.0. The molecule has 4 heterocycles. The highest BCUT2D eigenvalue weighted by Crippen LogP contribution is 2.48. The summed E-state index contributed by atoms with van der Waals surface area (Å²) < 4.78 is 20.0. The van der Waals surface area contributed by atoms with E-state index in [0.717, 1.165) is 77.2 Å². The summed E-state index contributed by atoms with van der Waals surface area (Å²) in [6.45, 7) is 6.28. The number of fused-ring (bicyclic) bond motifs is 3. The molecule has 0 bridgehead atoms. The van der Waals surface area contributed by atoms with Crippen LogP contribution in [0.4, 0.5) is 11.5 Å². The molecule has 1 saturated heterocycles. The highest BCUT2D eigenvalue weighted by molar-refractivity contribution is 9.10. The van der Waals surface area contributed by atoms with Crippen LogP contribution in [0.3, 0.4) is 0 Å². The Hall–Kier alpha value is -2.95. The Bertz CT molecular complexity index is 1560. The van der Waals surface area contributed by atoms with Gasteiger partial charge in [-0.05, 0) is 51.4 Å². The van der Waals surface area contributed by atoms with Crippen LogP contribution in [0.1, 0.15) is 39.9 Å². The van der Waals surface area contributed by atoms with E-state index in [-0.39, 0.29) is 0 Å². The van der Waals surface area contributed by atoms with Crippen molar-refractivity contribution in [1.82, 2.24) is 9.97 Å². The number of thioether (sulfide) groups is 1. The molecule has 4 aromatic rings. The zero-order valence-corrected chi connectivity index (χ0v) is 27.4. The molecule has 44 heavy (non-hydrogen) atoms. The number of halogens is 1. The molecule has 1 aromatic heterocycles. The molecule has 3 aromatic carbocycles. The highest BCUT2D eigenvalue weighted by atomic mass is 79.9. The van der Waals surface area contributed by atoms with E-state index in [0.29, 0.717) is 32.8 Å². The molecule has 7 rings (SSSR count). The van der Waals surface area contributed by atoms with Gasteiger partial charge >= 0.3 is 0 Å². The summed E-state index contributed by atoms with van der Waals surface area (Å²) in [5.74, 6) is 0.987. The molecule has 1 fully saturated rings. The maximum absolute atomic E-state index is 6.93. The maximum Gasteiger partial charge on any atom is 0.189 e. The lowest BCUT2D eigenvalue weighted by molar-refractivity contribution is -0.137. The first-order valence-corrected chi connectivity index (χ1v) is 17.3. The molecule has 0 amide bonds. The average molecular weight is 674 g/mol. The van der Waals surface area contributed by atoms with Gasteiger partial charge < -0.3 is 24.0 Å². The minimum Gasteiger partial charge on any atom is -0.380 e. The quantitative estimate of drug-likeness (QED) is 0.155. The van der Waals surface area contributed by atoms with Crippen molar-refractivity contribution in [3.05, 3.63) is 111 Å². The molecule has 0 N–H and O–H groups in total. The lowest BCUT2D eigenvalue weighted by atomic mass is 9.82. The first-order chi connectivity index (χ1) is 21.6. The fourth-order valence-electron chi connectivity index (χ4n) is 6.58. The van der Waals surface area contributed by atoms with E-state index >= 15 is 0 Å². The zero-order chi connectivity index (χ0) is 29.9. The maximum atomic E-state index is 6.93. The molecule has 1 spiro atoms. The van der Waals surface area contributed by atoms with Crippen molar-refractivity contribution in [2.24, 2.45) is 0 Å². The van der Waals surface area contributed by atoms with Crippen molar-refractivity contribution in [3.8, 4) is 0 Å². The van der Waals surface area contributed by atoms with E-state index in [1.807, 2.05) is 6.26 Å². The first-order valence-electron chi connectivity index (χ1n) is 15.3. The van der Waals surface area contributed by atoms with Gasteiger partial charge in [0.25, 0.3) is 0 Å². The van der Waals surface area contributed by atoms with Gasteiger partial charge in [0.1, 0.15) is 11.4 Å². The Morgan fingerprint density at radius 3 is 2.36 bits per heavy atom. The predicted octanol–water partition coefficient (Wildman–Crippen LogP) is 6.89. The van der Waals surface area contributed by atoms with Crippen molar-refractivity contribution >= 4 is 39.2 Å². The van der Waals surface area contributed by atoms with Gasteiger partial charge in [-0.3, -0.25) is 0 Å². The molecule has 1 unspecified atom stereocenters. The smallest absolute Gasteiger partial charge is 0.189 e. The van der Waals surface area contributed by atoms with Gasteiger partial charge in [0.15, 0.2) is 5.16 Å². The molecule has 1 atom stereocenters. The molecule has 3 aliphatic heterocycles. The number of aromatic nitrogens is 2. The van der Waals surface area contributed by atoms with Crippen LogP contribution in [-0.2, 0) is 52.5 Å². The molecule has 0 aliphatic carbocycles. The van der Waals surface area contributed by atoms with Crippen LogP contribution in [-0.4, -0.2) is 49.1 Å². The van der Waals surface area contributed by atoms with Crippen LogP contribution in [0.25, 0.3) is 0 Å². The number of hydrogen-bond acceptors (Lipinski definition) is 8. The fraction of sp³-hybridized carbons (Fsp3) is 0.371. The second kappa shape index (κ2) is 13.2. The van der Waals surface area contributed by atoms with E-state index in [1.54, 1.807) is 11.8 Å². The van der Waals surface area contributed by atoms with Gasteiger partial charge in [-0.15, -0.1) is 0 Å². The van der Waals surface area contributed by atoms with Crippen LogP contribution in [0, 0.1) is 0 Å². The summed E-state index contributed by atoms with van der Waals surface area (Å²) in [4.78, 5) is 14.8. The Balaban J connectivity index is 1.28. The van der Waals surface area contributed by atoms with Crippen molar-refractivity contribution in [2.75, 3.05) is 49.0 Å². The van der Waals surface area contributed by atoms with Crippen molar-refractivity contribution in [2.45, 2.75) is 49.9 Å². The second-order valence-corrected chi connectivity index (χ2v) is 13.2. The standard InChI is InChI=1S/C35H37BrN4O3S/c1-44-34-37-29-19-35(43-23-28(29)33(38-34)39-15-8-17-41-18-16-39)24-42-22-27-13-14-30(32(36)31(27)35)40(20-25-9-4-2-5-10-25)21-26-11-6-3-7-12-26/h2-7,9-14H,8,15-24H2,1H3. The number of benzene rings is 3. The predicted molar refractivity (Wildman–Crippen MR) is 178 cm³/mol. The molecular weight excluding hydrogens is 636 g/mol. The van der Waals surface area contributed by atoms with Crippen molar-refractivity contribution < 1.29 is 14.2 Å². The third-order valence-electron chi connectivity index (χ3n) is 8.73. The van der Waals surface area contributed by atoms with E-state index < -0.39 is 5.60 Å². The van der Waals surface area contributed by atoms with Gasteiger partial charge in [-0.2, -0.15) is 0 Å². The van der Waals surface area contributed by atoms with Gasteiger partial charge in [0.2, 0.25) is 0 Å². The lowest BCUT2D eigenvalue weighted by Gasteiger charge is -2.43. The number of ether oxygens (including phenoxy) is 3. The molecule has 0 radical (unpaired) electrons. The highest BCUT2D eigenvalue weighted by Gasteiger charge is 2.45. The topological polar surface area (TPSA) is 60.0 Å². The Labute approximate surface area is 272 Å². The summed E-state index contributed by atoms with van der Waals surface area (Å²) in [5.41, 5.74) is 7.49. The minimum absolute atomic E-state index is 0.438. The molecule has 3 aliphatic rings. The normalized spacial score (nSPS) is 19.7. The number of hydrogen-bond donors (Lipinski definition) is 0. The average Bonchev–Trinajstić information content (AvgIpc) is 3.35. The van der Waals surface area contributed by atoms with Gasteiger partial charge in [-0.1, -0.05) is 78.5 Å².